The highest BCUT2D eigenvalue weighted by atomic mass is 16.5. The Balaban J connectivity index is 2.15. The van der Waals surface area contributed by atoms with Crippen molar-refractivity contribution < 1.29 is 4.74 Å². The van der Waals surface area contributed by atoms with Crippen molar-refractivity contribution in [2.75, 3.05) is 26.8 Å². The number of allylic oxidation sites excluding steroid dienone is 1. The number of methoxy groups -OCH3 is 1. The third-order valence-electron chi connectivity index (χ3n) is 3.85. The molecule has 2 unspecified atom stereocenters. The van der Waals surface area contributed by atoms with Crippen LogP contribution in [0.5, 0.6) is 0 Å². The SMILES string of the molecule is COCCNCCC=C(C)C1CCCC(C)C1. The van der Waals surface area contributed by atoms with Gasteiger partial charge >= 0.3 is 0 Å². The Morgan fingerprint density at radius 1 is 1.35 bits per heavy atom. The predicted octanol–water partition coefficient (Wildman–Crippen LogP) is 3.39. The van der Waals surface area contributed by atoms with E-state index in [1.54, 1.807) is 12.7 Å². The molecule has 0 saturated heterocycles. The first-order chi connectivity index (χ1) is 8.24. The minimum Gasteiger partial charge on any atom is -0.383 e. The van der Waals surface area contributed by atoms with Crippen LogP contribution in [0.4, 0.5) is 0 Å². The maximum Gasteiger partial charge on any atom is 0.0587 e. The minimum absolute atomic E-state index is 0.808. The predicted molar refractivity (Wildman–Crippen MR) is 74.2 cm³/mol. The lowest BCUT2D eigenvalue weighted by molar-refractivity contribution is 0.199. The van der Waals surface area contributed by atoms with Gasteiger partial charge in [-0.3, -0.25) is 0 Å². The Morgan fingerprint density at radius 2 is 2.18 bits per heavy atom. The topological polar surface area (TPSA) is 21.3 Å². The van der Waals surface area contributed by atoms with Crippen molar-refractivity contribution in [2.45, 2.75) is 46.0 Å². The summed E-state index contributed by atoms with van der Waals surface area (Å²) in [6.45, 7) is 7.55. The van der Waals surface area contributed by atoms with Crippen molar-refractivity contribution in [1.82, 2.24) is 5.32 Å². The van der Waals surface area contributed by atoms with Crippen molar-refractivity contribution in [1.29, 1.82) is 0 Å². The second-order valence-corrected chi connectivity index (χ2v) is 5.45. The van der Waals surface area contributed by atoms with E-state index in [9.17, 15) is 0 Å². The summed E-state index contributed by atoms with van der Waals surface area (Å²) in [5.74, 6) is 1.79. The van der Waals surface area contributed by atoms with Gasteiger partial charge in [0.15, 0.2) is 0 Å². The highest BCUT2D eigenvalue weighted by molar-refractivity contribution is 5.04. The number of nitrogens with one attached hydrogen (secondary N) is 1. The van der Waals surface area contributed by atoms with E-state index >= 15 is 0 Å². The molecule has 1 saturated carbocycles. The van der Waals surface area contributed by atoms with Crippen LogP contribution in [0.25, 0.3) is 0 Å². The Labute approximate surface area is 107 Å². The molecule has 0 aliphatic heterocycles. The van der Waals surface area contributed by atoms with Crippen molar-refractivity contribution >= 4 is 0 Å². The van der Waals surface area contributed by atoms with Gasteiger partial charge in [0.2, 0.25) is 0 Å². The summed E-state index contributed by atoms with van der Waals surface area (Å²) in [4.78, 5) is 0. The second-order valence-electron chi connectivity index (χ2n) is 5.45. The molecule has 0 aromatic heterocycles. The lowest BCUT2D eigenvalue weighted by Crippen LogP contribution is -2.20. The summed E-state index contributed by atoms with van der Waals surface area (Å²) in [5.41, 5.74) is 1.62. The first-order valence-corrected chi connectivity index (χ1v) is 7.10. The zero-order valence-electron chi connectivity index (χ0n) is 11.8. The summed E-state index contributed by atoms with van der Waals surface area (Å²) >= 11 is 0. The van der Waals surface area contributed by atoms with Gasteiger partial charge in [-0.25, -0.2) is 0 Å². The van der Waals surface area contributed by atoms with Gasteiger partial charge in [-0.05, 0) is 44.6 Å². The molecule has 0 aromatic rings. The van der Waals surface area contributed by atoms with Crippen LogP contribution in [-0.4, -0.2) is 26.8 Å². The first kappa shape index (κ1) is 14.7. The number of hydrogen-bond acceptors (Lipinski definition) is 2. The Bertz CT molecular complexity index is 225. The molecule has 1 aliphatic carbocycles. The highest BCUT2D eigenvalue weighted by Gasteiger charge is 2.19. The van der Waals surface area contributed by atoms with Gasteiger partial charge in [0.05, 0.1) is 6.61 Å². The number of hydrogen-bond donors (Lipinski definition) is 1. The van der Waals surface area contributed by atoms with Gasteiger partial charge in [-0.1, -0.05) is 31.4 Å². The molecule has 1 N–H and O–H groups in total. The van der Waals surface area contributed by atoms with E-state index in [0.29, 0.717) is 0 Å². The Hall–Kier alpha value is -0.340. The molecular weight excluding hydrogens is 210 g/mol. The second kappa shape index (κ2) is 8.71. The van der Waals surface area contributed by atoms with Crippen molar-refractivity contribution in [3.8, 4) is 0 Å². The normalized spacial score (nSPS) is 26.2. The molecule has 0 spiro atoms. The third kappa shape index (κ3) is 6.23. The van der Waals surface area contributed by atoms with Crippen LogP contribution >= 0.6 is 0 Å². The Kier molecular flexibility index (Phi) is 7.54. The van der Waals surface area contributed by atoms with E-state index in [-0.39, 0.29) is 0 Å². The zero-order valence-corrected chi connectivity index (χ0v) is 11.8. The summed E-state index contributed by atoms with van der Waals surface area (Å²) in [6.07, 6.45) is 9.25. The molecule has 0 radical (unpaired) electrons. The molecule has 0 bridgehead atoms. The standard InChI is InChI=1S/C15H29NO/c1-13-6-4-8-15(12-13)14(2)7-5-9-16-10-11-17-3/h7,13,15-16H,4-6,8-12H2,1-3H3. The molecule has 0 heterocycles. The summed E-state index contributed by atoms with van der Waals surface area (Å²) in [6, 6.07) is 0. The number of rotatable bonds is 7. The summed E-state index contributed by atoms with van der Waals surface area (Å²) < 4.78 is 5.00. The van der Waals surface area contributed by atoms with E-state index < -0.39 is 0 Å². The van der Waals surface area contributed by atoms with Crippen LogP contribution in [0, 0.1) is 11.8 Å². The van der Waals surface area contributed by atoms with Gasteiger partial charge in [-0.2, -0.15) is 0 Å². The van der Waals surface area contributed by atoms with Gasteiger partial charge < -0.3 is 10.1 Å². The van der Waals surface area contributed by atoms with Crippen LogP contribution in [0.2, 0.25) is 0 Å². The van der Waals surface area contributed by atoms with Crippen LogP contribution in [0.3, 0.4) is 0 Å². The fourth-order valence-corrected chi connectivity index (χ4v) is 2.72. The fourth-order valence-electron chi connectivity index (χ4n) is 2.72. The monoisotopic (exact) mass is 239 g/mol. The van der Waals surface area contributed by atoms with Crippen molar-refractivity contribution in [3.05, 3.63) is 11.6 Å². The molecule has 1 rings (SSSR count). The van der Waals surface area contributed by atoms with Crippen molar-refractivity contribution in [2.24, 2.45) is 11.8 Å². The zero-order chi connectivity index (χ0) is 12.5. The van der Waals surface area contributed by atoms with E-state index in [1.807, 2.05) is 0 Å². The Morgan fingerprint density at radius 3 is 2.88 bits per heavy atom. The molecule has 2 heteroatoms. The lowest BCUT2D eigenvalue weighted by Gasteiger charge is -2.27. The minimum atomic E-state index is 0.808. The molecular formula is C15H29NO. The van der Waals surface area contributed by atoms with Gasteiger partial charge in [-0.15, -0.1) is 0 Å². The fraction of sp³-hybridized carbons (Fsp3) is 0.867. The third-order valence-corrected chi connectivity index (χ3v) is 3.85. The molecule has 0 aromatic carbocycles. The average molecular weight is 239 g/mol. The maximum atomic E-state index is 5.00. The van der Waals surface area contributed by atoms with Gasteiger partial charge in [0.25, 0.3) is 0 Å². The molecule has 2 atom stereocenters. The van der Waals surface area contributed by atoms with Gasteiger partial charge in [0, 0.05) is 13.7 Å². The first-order valence-electron chi connectivity index (χ1n) is 7.10. The van der Waals surface area contributed by atoms with E-state index in [4.69, 9.17) is 4.74 Å². The van der Waals surface area contributed by atoms with Crippen LogP contribution in [0.15, 0.2) is 11.6 Å². The summed E-state index contributed by atoms with van der Waals surface area (Å²) in [7, 11) is 1.75. The highest BCUT2D eigenvalue weighted by Crippen LogP contribution is 2.33. The number of ether oxygens (including phenoxy) is 1. The molecule has 2 nitrogen and oxygen atoms in total. The van der Waals surface area contributed by atoms with Crippen LogP contribution in [0.1, 0.15) is 46.0 Å². The van der Waals surface area contributed by atoms with E-state index in [2.05, 4.69) is 25.2 Å². The average Bonchev–Trinajstić information content (AvgIpc) is 2.33. The maximum absolute atomic E-state index is 5.00. The quantitative estimate of drug-likeness (QED) is 0.543. The molecule has 17 heavy (non-hydrogen) atoms. The van der Waals surface area contributed by atoms with E-state index in [0.717, 1.165) is 38.0 Å². The molecule has 1 aliphatic rings. The van der Waals surface area contributed by atoms with Crippen LogP contribution < -0.4 is 5.32 Å². The van der Waals surface area contributed by atoms with Crippen molar-refractivity contribution in [3.63, 3.8) is 0 Å². The lowest BCUT2D eigenvalue weighted by atomic mass is 9.79. The largest absolute Gasteiger partial charge is 0.383 e. The van der Waals surface area contributed by atoms with Gasteiger partial charge in [0.1, 0.15) is 0 Å². The molecule has 100 valence electrons. The molecule has 0 amide bonds. The molecule has 1 fully saturated rings. The van der Waals surface area contributed by atoms with E-state index in [1.165, 1.54) is 25.7 Å². The smallest absolute Gasteiger partial charge is 0.0587 e. The summed E-state index contributed by atoms with van der Waals surface area (Å²) in [5, 5.41) is 3.38. The van der Waals surface area contributed by atoms with Crippen LogP contribution in [-0.2, 0) is 4.74 Å².